The van der Waals surface area contributed by atoms with Crippen LogP contribution in [0.4, 0.5) is 5.69 Å². The minimum atomic E-state index is -0.643. The summed E-state index contributed by atoms with van der Waals surface area (Å²) in [7, 11) is 0. The van der Waals surface area contributed by atoms with E-state index in [2.05, 4.69) is 15.5 Å². The number of carbonyl (C=O) groups is 2. The zero-order valence-electron chi connectivity index (χ0n) is 15.1. The molecule has 2 N–H and O–H groups in total. The molecule has 2 saturated heterocycles. The van der Waals surface area contributed by atoms with Crippen molar-refractivity contribution in [3.63, 3.8) is 0 Å². The Hall–Kier alpha value is -1.24. The Morgan fingerprint density at radius 3 is 2.69 bits per heavy atom. The van der Waals surface area contributed by atoms with Crippen molar-refractivity contribution in [3.8, 4) is 0 Å². The fourth-order valence-electron chi connectivity index (χ4n) is 3.57. The number of hydrogen-bond acceptors (Lipinski definition) is 4. The Morgan fingerprint density at radius 1 is 1.23 bits per heavy atom. The van der Waals surface area contributed by atoms with Crippen molar-refractivity contribution < 1.29 is 9.59 Å². The first kappa shape index (κ1) is 19.5. The van der Waals surface area contributed by atoms with Gasteiger partial charge in [0.25, 0.3) is 0 Å². The molecule has 2 heterocycles. The second kappa shape index (κ2) is 9.11. The molecule has 0 radical (unpaired) electrons. The van der Waals surface area contributed by atoms with Gasteiger partial charge in [0.05, 0.1) is 0 Å². The summed E-state index contributed by atoms with van der Waals surface area (Å²) >= 11 is 8.09. The second-order valence-electron chi connectivity index (χ2n) is 7.07. The summed E-state index contributed by atoms with van der Waals surface area (Å²) < 4.78 is 0. The van der Waals surface area contributed by atoms with E-state index >= 15 is 0 Å². The maximum atomic E-state index is 12.1. The largest absolute Gasteiger partial charge is 0.348 e. The third kappa shape index (κ3) is 4.93. The van der Waals surface area contributed by atoms with Crippen LogP contribution >= 0.6 is 23.4 Å². The lowest BCUT2D eigenvalue weighted by Crippen LogP contribution is -2.45. The molecule has 7 heteroatoms. The van der Waals surface area contributed by atoms with E-state index in [4.69, 9.17) is 11.6 Å². The molecule has 0 aliphatic carbocycles. The Bertz CT molecular complexity index is 656. The molecule has 2 aliphatic rings. The molecular weight excluding hydrogens is 370 g/mol. The molecule has 0 bridgehead atoms. The minimum absolute atomic E-state index is 0.449. The lowest BCUT2D eigenvalue weighted by atomic mass is 9.95. The zero-order chi connectivity index (χ0) is 18.5. The number of benzene rings is 1. The summed E-state index contributed by atoms with van der Waals surface area (Å²) in [6.07, 6.45) is 3.46. The molecular formula is C19H26ClN3O2S. The number of nitrogens with one attached hydrogen (secondary N) is 2. The van der Waals surface area contributed by atoms with Gasteiger partial charge in [0.2, 0.25) is 0 Å². The topological polar surface area (TPSA) is 61.4 Å². The summed E-state index contributed by atoms with van der Waals surface area (Å²) in [6, 6.07) is 5.98. The van der Waals surface area contributed by atoms with E-state index in [1.165, 1.54) is 17.9 Å². The molecule has 1 aromatic carbocycles. The maximum Gasteiger partial charge on any atom is 0.313 e. The second-order valence-corrected chi connectivity index (χ2v) is 8.63. The first-order valence-corrected chi connectivity index (χ1v) is 10.7. The van der Waals surface area contributed by atoms with Gasteiger partial charge in [-0.3, -0.25) is 14.5 Å². The van der Waals surface area contributed by atoms with Crippen molar-refractivity contribution in [2.24, 2.45) is 5.92 Å². The van der Waals surface area contributed by atoms with Gasteiger partial charge in [-0.15, -0.1) is 0 Å². The highest BCUT2D eigenvalue weighted by Crippen LogP contribution is 2.26. The number of likely N-dealkylation sites (tertiary alicyclic amines) is 1. The normalized spacial score (nSPS) is 21.5. The van der Waals surface area contributed by atoms with Gasteiger partial charge < -0.3 is 10.6 Å². The Morgan fingerprint density at radius 2 is 2.00 bits per heavy atom. The zero-order valence-corrected chi connectivity index (χ0v) is 16.7. The fourth-order valence-corrected chi connectivity index (χ4v) is 5.00. The van der Waals surface area contributed by atoms with Crippen LogP contribution in [0.3, 0.4) is 0 Å². The van der Waals surface area contributed by atoms with E-state index in [0.717, 1.165) is 37.5 Å². The van der Waals surface area contributed by atoms with Gasteiger partial charge in [-0.1, -0.05) is 17.7 Å². The standard InChI is InChI=1S/C19H26ClN3O2S/c1-13-16(20)3-2-4-17(13)22-19(25)18(24)21-11-14-5-8-23(9-6-14)15-7-10-26-12-15/h2-4,14-15H,5-12H2,1H3,(H,21,24)(H,22,25)/t15-/m0/s1. The van der Waals surface area contributed by atoms with Crippen LogP contribution in [-0.4, -0.2) is 53.9 Å². The first-order chi connectivity index (χ1) is 12.5. The van der Waals surface area contributed by atoms with Crippen LogP contribution in [0, 0.1) is 12.8 Å². The van der Waals surface area contributed by atoms with Crippen LogP contribution in [0.25, 0.3) is 0 Å². The van der Waals surface area contributed by atoms with E-state index in [1.54, 1.807) is 18.2 Å². The minimum Gasteiger partial charge on any atom is -0.348 e. The summed E-state index contributed by atoms with van der Waals surface area (Å²) in [6.45, 7) is 4.57. The lowest BCUT2D eigenvalue weighted by molar-refractivity contribution is -0.136. The number of nitrogens with zero attached hydrogens (tertiary/aromatic N) is 1. The number of hydrogen-bond donors (Lipinski definition) is 2. The van der Waals surface area contributed by atoms with Crippen molar-refractivity contribution in [1.29, 1.82) is 0 Å². The molecule has 1 aromatic rings. The Labute approximate surface area is 164 Å². The molecule has 26 heavy (non-hydrogen) atoms. The van der Waals surface area contributed by atoms with E-state index in [9.17, 15) is 9.59 Å². The highest BCUT2D eigenvalue weighted by atomic mass is 35.5. The fraction of sp³-hybridized carbons (Fsp3) is 0.579. The SMILES string of the molecule is Cc1c(Cl)cccc1NC(=O)C(=O)NCC1CCN([C@H]2CCSC2)CC1. The quantitative estimate of drug-likeness (QED) is 0.769. The molecule has 0 unspecified atom stereocenters. The van der Waals surface area contributed by atoms with Gasteiger partial charge in [-0.2, -0.15) is 11.8 Å². The number of amides is 2. The molecule has 0 saturated carbocycles. The average molecular weight is 396 g/mol. The summed E-state index contributed by atoms with van der Waals surface area (Å²) in [5.41, 5.74) is 1.33. The number of anilines is 1. The van der Waals surface area contributed by atoms with Gasteiger partial charge in [0.15, 0.2) is 0 Å². The molecule has 5 nitrogen and oxygen atoms in total. The maximum absolute atomic E-state index is 12.1. The van der Waals surface area contributed by atoms with E-state index < -0.39 is 11.8 Å². The third-order valence-corrected chi connectivity index (χ3v) is 6.90. The molecule has 142 valence electrons. The van der Waals surface area contributed by atoms with Gasteiger partial charge in [0.1, 0.15) is 0 Å². The van der Waals surface area contributed by atoms with Gasteiger partial charge in [-0.05, 0) is 68.6 Å². The first-order valence-electron chi connectivity index (χ1n) is 9.20. The van der Waals surface area contributed by atoms with Crippen molar-refractivity contribution >= 4 is 40.9 Å². The molecule has 3 rings (SSSR count). The molecule has 1 atom stereocenters. The van der Waals surface area contributed by atoms with Crippen molar-refractivity contribution in [2.75, 3.05) is 36.5 Å². The molecule has 2 amide bonds. The van der Waals surface area contributed by atoms with Gasteiger partial charge in [-0.25, -0.2) is 0 Å². The van der Waals surface area contributed by atoms with Gasteiger partial charge >= 0.3 is 11.8 Å². The lowest BCUT2D eigenvalue weighted by Gasteiger charge is -2.35. The summed E-state index contributed by atoms with van der Waals surface area (Å²) in [5, 5.41) is 5.99. The van der Waals surface area contributed by atoms with E-state index in [1.807, 2.05) is 18.7 Å². The van der Waals surface area contributed by atoms with Crippen molar-refractivity contribution in [1.82, 2.24) is 10.2 Å². The van der Waals surface area contributed by atoms with Crippen LogP contribution in [-0.2, 0) is 9.59 Å². The average Bonchev–Trinajstić information content (AvgIpc) is 3.18. The number of halogens is 1. The van der Waals surface area contributed by atoms with Crippen molar-refractivity contribution in [3.05, 3.63) is 28.8 Å². The number of piperidine rings is 1. The van der Waals surface area contributed by atoms with E-state index in [-0.39, 0.29) is 0 Å². The summed E-state index contributed by atoms with van der Waals surface area (Å²) in [4.78, 5) is 26.8. The van der Waals surface area contributed by atoms with Crippen LogP contribution in [0.5, 0.6) is 0 Å². The van der Waals surface area contributed by atoms with Gasteiger partial charge in [0, 0.05) is 29.0 Å². The van der Waals surface area contributed by atoms with Crippen LogP contribution in [0.1, 0.15) is 24.8 Å². The third-order valence-electron chi connectivity index (χ3n) is 5.34. The predicted molar refractivity (Wildman–Crippen MR) is 108 cm³/mol. The number of rotatable bonds is 4. The number of carbonyl (C=O) groups excluding carboxylic acids is 2. The Kier molecular flexibility index (Phi) is 6.84. The number of thioether (sulfide) groups is 1. The highest BCUT2D eigenvalue weighted by Gasteiger charge is 2.27. The molecule has 2 aliphatic heterocycles. The van der Waals surface area contributed by atoms with E-state index in [0.29, 0.717) is 23.2 Å². The van der Waals surface area contributed by atoms with Crippen LogP contribution < -0.4 is 10.6 Å². The molecule has 2 fully saturated rings. The highest BCUT2D eigenvalue weighted by molar-refractivity contribution is 7.99. The molecule has 0 spiro atoms. The molecule has 0 aromatic heterocycles. The smallest absolute Gasteiger partial charge is 0.313 e. The van der Waals surface area contributed by atoms with Crippen LogP contribution in [0.15, 0.2) is 18.2 Å². The monoisotopic (exact) mass is 395 g/mol. The predicted octanol–water partition coefficient (Wildman–Crippen LogP) is 2.92. The Balaban J connectivity index is 1.41. The summed E-state index contributed by atoms with van der Waals surface area (Å²) in [5.74, 6) is 1.76. The van der Waals surface area contributed by atoms with Crippen LogP contribution in [0.2, 0.25) is 5.02 Å². The van der Waals surface area contributed by atoms with Crippen molar-refractivity contribution in [2.45, 2.75) is 32.2 Å².